The molecule has 0 saturated heterocycles. The molecule has 0 atom stereocenters. The zero-order valence-corrected chi connectivity index (χ0v) is 9.73. The number of nitrogens with two attached hydrogens (primary N) is 1. The third-order valence-electron chi connectivity index (χ3n) is 2.83. The Balaban J connectivity index is 1.90. The van der Waals surface area contributed by atoms with Gasteiger partial charge in [0.15, 0.2) is 0 Å². The minimum atomic E-state index is 0.183. The fraction of sp³-hybridized carbons (Fsp3) is 0.727. The maximum atomic E-state index is 6.05. The second-order valence-electron chi connectivity index (χ2n) is 4.68. The second kappa shape index (κ2) is 3.63. The third-order valence-corrected chi connectivity index (χ3v) is 4.18. The zero-order chi connectivity index (χ0) is 10.2. The normalized spacial score (nSPS) is 18.9. The van der Waals surface area contributed by atoms with Crippen LogP contribution in [-0.4, -0.2) is 10.5 Å². The average molecular weight is 210 g/mol. The van der Waals surface area contributed by atoms with Crippen molar-refractivity contribution in [1.29, 1.82) is 0 Å². The summed E-state index contributed by atoms with van der Waals surface area (Å²) in [5.74, 6) is 0.557. The third kappa shape index (κ3) is 2.34. The SMILES string of the molecule is CC(C)c1ncc(CCC2(N)CC2)s1. The van der Waals surface area contributed by atoms with E-state index in [2.05, 4.69) is 18.8 Å². The van der Waals surface area contributed by atoms with Gasteiger partial charge in [-0.15, -0.1) is 11.3 Å². The Morgan fingerprint density at radius 2 is 2.29 bits per heavy atom. The second-order valence-corrected chi connectivity index (χ2v) is 5.83. The molecule has 0 bridgehead atoms. The Labute approximate surface area is 89.5 Å². The Bertz CT molecular complexity index is 313. The molecule has 1 heterocycles. The summed E-state index contributed by atoms with van der Waals surface area (Å²) in [6.45, 7) is 4.38. The van der Waals surface area contributed by atoms with Crippen LogP contribution in [0.2, 0.25) is 0 Å². The van der Waals surface area contributed by atoms with Crippen LogP contribution in [-0.2, 0) is 6.42 Å². The molecule has 0 unspecified atom stereocenters. The monoisotopic (exact) mass is 210 g/mol. The smallest absolute Gasteiger partial charge is 0.0953 e. The molecule has 1 saturated carbocycles. The zero-order valence-electron chi connectivity index (χ0n) is 8.92. The topological polar surface area (TPSA) is 38.9 Å². The molecule has 0 aromatic carbocycles. The lowest BCUT2D eigenvalue weighted by Gasteiger charge is -2.05. The fourth-order valence-corrected chi connectivity index (χ4v) is 2.41. The van der Waals surface area contributed by atoms with Crippen molar-refractivity contribution in [3.63, 3.8) is 0 Å². The van der Waals surface area contributed by atoms with Gasteiger partial charge in [-0.3, -0.25) is 0 Å². The van der Waals surface area contributed by atoms with Gasteiger partial charge >= 0.3 is 0 Å². The molecule has 1 aromatic heterocycles. The van der Waals surface area contributed by atoms with Gasteiger partial charge in [0.2, 0.25) is 0 Å². The quantitative estimate of drug-likeness (QED) is 0.830. The highest BCUT2D eigenvalue weighted by Crippen LogP contribution is 2.37. The van der Waals surface area contributed by atoms with Crippen molar-refractivity contribution in [3.8, 4) is 0 Å². The van der Waals surface area contributed by atoms with Gasteiger partial charge in [-0.05, 0) is 25.7 Å². The van der Waals surface area contributed by atoms with Gasteiger partial charge in [0.25, 0.3) is 0 Å². The first-order valence-corrected chi connectivity index (χ1v) is 6.14. The number of aromatic nitrogens is 1. The molecular formula is C11H18N2S. The van der Waals surface area contributed by atoms with E-state index in [1.165, 1.54) is 22.7 Å². The van der Waals surface area contributed by atoms with Crippen LogP contribution in [0.5, 0.6) is 0 Å². The lowest BCUT2D eigenvalue weighted by Crippen LogP contribution is -2.21. The van der Waals surface area contributed by atoms with E-state index in [0.717, 1.165) is 12.8 Å². The summed E-state index contributed by atoms with van der Waals surface area (Å²) in [7, 11) is 0. The first-order valence-electron chi connectivity index (χ1n) is 5.32. The van der Waals surface area contributed by atoms with Crippen molar-refractivity contribution in [2.24, 2.45) is 5.73 Å². The van der Waals surface area contributed by atoms with Gasteiger partial charge in [0.1, 0.15) is 0 Å². The molecule has 2 nitrogen and oxygen atoms in total. The molecule has 14 heavy (non-hydrogen) atoms. The van der Waals surface area contributed by atoms with E-state index in [0.29, 0.717) is 5.92 Å². The van der Waals surface area contributed by atoms with Crippen molar-refractivity contribution in [3.05, 3.63) is 16.1 Å². The Morgan fingerprint density at radius 1 is 1.57 bits per heavy atom. The molecule has 1 aromatic rings. The lowest BCUT2D eigenvalue weighted by molar-refractivity contribution is 0.612. The van der Waals surface area contributed by atoms with Crippen LogP contribution in [0.25, 0.3) is 0 Å². The first kappa shape index (κ1) is 10.1. The van der Waals surface area contributed by atoms with Gasteiger partial charge in [-0.2, -0.15) is 0 Å². The number of nitrogens with zero attached hydrogens (tertiary/aromatic N) is 1. The van der Waals surface area contributed by atoms with E-state index in [1.54, 1.807) is 0 Å². The van der Waals surface area contributed by atoms with Crippen LogP contribution in [0.15, 0.2) is 6.20 Å². The average Bonchev–Trinajstić information content (AvgIpc) is 2.68. The summed E-state index contributed by atoms with van der Waals surface area (Å²) >= 11 is 1.84. The van der Waals surface area contributed by atoms with E-state index in [9.17, 15) is 0 Å². The van der Waals surface area contributed by atoms with Crippen molar-refractivity contribution >= 4 is 11.3 Å². The van der Waals surface area contributed by atoms with Gasteiger partial charge in [0, 0.05) is 22.5 Å². The number of aryl methyl sites for hydroxylation is 1. The molecule has 2 N–H and O–H groups in total. The summed E-state index contributed by atoms with van der Waals surface area (Å²) in [5, 5.41) is 1.25. The van der Waals surface area contributed by atoms with Crippen molar-refractivity contribution in [1.82, 2.24) is 4.98 Å². The van der Waals surface area contributed by atoms with Crippen molar-refractivity contribution in [2.75, 3.05) is 0 Å². The molecule has 1 fully saturated rings. The summed E-state index contributed by atoms with van der Waals surface area (Å²) in [6, 6.07) is 0. The molecule has 3 heteroatoms. The number of hydrogen-bond acceptors (Lipinski definition) is 3. The highest BCUT2D eigenvalue weighted by atomic mass is 32.1. The fourth-order valence-electron chi connectivity index (χ4n) is 1.49. The van der Waals surface area contributed by atoms with E-state index in [1.807, 2.05) is 17.5 Å². The van der Waals surface area contributed by atoms with Crippen LogP contribution in [0, 0.1) is 0 Å². The van der Waals surface area contributed by atoms with Gasteiger partial charge in [-0.25, -0.2) is 4.98 Å². The maximum absolute atomic E-state index is 6.05. The minimum Gasteiger partial charge on any atom is -0.325 e. The molecule has 78 valence electrons. The van der Waals surface area contributed by atoms with Gasteiger partial charge < -0.3 is 5.73 Å². The first-order chi connectivity index (χ1) is 6.59. The van der Waals surface area contributed by atoms with Crippen LogP contribution in [0.4, 0.5) is 0 Å². The lowest BCUT2D eigenvalue weighted by atomic mass is 10.1. The van der Waals surface area contributed by atoms with Gasteiger partial charge in [0.05, 0.1) is 5.01 Å². The molecule has 0 spiro atoms. The standard InChI is InChI=1S/C11H18N2S/c1-8(2)10-13-7-9(14-10)3-4-11(12)5-6-11/h7-8H,3-6,12H2,1-2H3. The summed E-state index contributed by atoms with van der Waals surface area (Å²) in [4.78, 5) is 5.81. The summed E-state index contributed by atoms with van der Waals surface area (Å²) < 4.78 is 0. The van der Waals surface area contributed by atoms with E-state index in [-0.39, 0.29) is 5.54 Å². The van der Waals surface area contributed by atoms with Gasteiger partial charge in [-0.1, -0.05) is 13.8 Å². The molecule has 0 amide bonds. The molecule has 0 radical (unpaired) electrons. The van der Waals surface area contributed by atoms with Crippen LogP contribution < -0.4 is 5.73 Å². The van der Waals surface area contributed by atoms with Crippen molar-refractivity contribution in [2.45, 2.75) is 51.0 Å². The maximum Gasteiger partial charge on any atom is 0.0953 e. The number of thiazole rings is 1. The highest BCUT2D eigenvalue weighted by Gasteiger charge is 2.37. The Kier molecular flexibility index (Phi) is 2.62. The predicted octanol–water partition coefficient (Wildman–Crippen LogP) is 2.69. The van der Waals surface area contributed by atoms with E-state index in [4.69, 9.17) is 5.73 Å². The molecule has 2 rings (SSSR count). The predicted molar refractivity (Wildman–Crippen MR) is 60.7 cm³/mol. The Hall–Kier alpha value is -0.410. The highest BCUT2D eigenvalue weighted by molar-refractivity contribution is 7.11. The van der Waals surface area contributed by atoms with Crippen molar-refractivity contribution < 1.29 is 0 Å². The van der Waals surface area contributed by atoms with Crippen LogP contribution >= 0.6 is 11.3 Å². The van der Waals surface area contributed by atoms with Crippen LogP contribution in [0.3, 0.4) is 0 Å². The summed E-state index contributed by atoms with van der Waals surface area (Å²) in [5.41, 5.74) is 6.23. The Morgan fingerprint density at radius 3 is 2.79 bits per heavy atom. The number of hydrogen-bond donors (Lipinski definition) is 1. The molecular weight excluding hydrogens is 192 g/mol. The van der Waals surface area contributed by atoms with Crippen LogP contribution in [0.1, 0.15) is 48.9 Å². The van der Waals surface area contributed by atoms with E-state index >= 15 is 0 Å². The molecule has 0 aliphatic heterocycles. The molecule has 1 aliphatic rings. The largest absolute Gasteiger partial charge is 0.325 e. The summed E-state index contributed by atoms with van der Waals surface area (Å²) in [6.07, 6.45) is 6.69. The molecule has 1 aliphatic carbocycles. The number of rotatable bonds is 4. The minimum absolute atomic E-state index is 0.183. The van der Waals surface area contributed by atoms with E-state index < -0.39 is 0 Å².